The number of hydrogen-bond donors (Lipinski definition) is 0. The second kappa shape index (κ2) is 6.99. The van der Waals surface area contributed by atoms with Gasteiger partial charge in [-0.15, -0.1) is 0 Å². The highest BCUT2D eigenvalue weighted by atomic mass is 32.2. The quantitative estimate of drug-likeness (QED) is 0.825. The molecular formula is C19H21NO5S. The highest BCUT2D eigenvalue weighted by Gasteiger charge is 2.36. The number of carbonyl (C=O) groups is 1. The molecular weight excluding hydrogens is 354 g/mol. The van der Waals surface area contributed by atoms with Gasteiger partial charge >= 0.3 is 5.24 Å². The minimum atomic E-state index is -3.84. The topological polar surface area (TPSA) is 72.9 Å². The second-order valence-electron chi connectivity index (χ2n) is 6.20. The lowest BCUT2D eigenvalue weighted by molar-refractivity contribution is 0.202. The number of nitrogens with zero attached hydrogens (tertiary/aromatic N) is 1. The number of fused-ring (bicyclic) bond motifs is 1. The molecule has 1 heterocycles. The number of sulfone groups is 1. The minimum absolute atomic E-state index is 0.313. The van der Waals surface area contributed by atoms with Crippen LogP contribution in [0.2, 0.25) is 0 Å². The third-order valence-electron chi connectivity index (χ3n) is 4.54. The number of hydrogen-bond acceptors (Lipinski definition) is 5. The fraction of sp³-hybridized carbons (Fsp3) is 0.316. The molecule has 0 aliphatic carbocycles. The maximum absolute atomic E-state index is 12.6. The lowest BCUT2D eigenvalue weighted by Gasteiger charge is -2.37. The zero-order valence-electron chi connectivity index (χ0n) is 14.9. The summed E-state index contributed by atoms with van der Waals surface area (Å²) < 4.78 is 34.6. The summed E-state index contributed by atoms with van der Waals surface area (Å²) >= 11 is 0. The number of amides is 1. The van der Waals surface area contributed by atoms with Crippen molar-refractivity contribution in [2.75, 3.05) is 27.0 Å². The maximum atomic E-state index is 12.6. The Morgan fingerprint density at radius 1 is 1.08 bits per heavy atom. The molecule has 1 aliphatic rings. The van der Waals surface area contributed by atoms with Crippen LogP contribution in [-0.4, -0.2) is 45.6 Å². The first-order valence-electron chi connectivity index (χ1n) is 8.17. The second-order valence-corrected chi connectivity index (χ2v) is 8.09. The first kappa shape index (κ1) is 18.3. The third-order valence-corrected chi connectivity index (χ3v) is 5.41. The molecule has 3 rings (SSSR count). The van der Waals surface area contributed by atoms with Gasteiger partial charge in [-0.05, 0) is 35.2 Å². The normalized spacial score (nSPS) is 16.7. The Morgan fingerprint density at radius 3 is 2.27 bits per heavy atom. The number of benzene rings is 2. The first-order valence-corrected chi connectivity index (χ1v) is 10.1. The summed E-state index contributed by atoms with van der Waals surface area (Å²) in [6.45, 7) is 0.313. The van der Waals surface area contributed by atoms with Crippen LogP contribution in [0.5, 0.6) is 11.5 Å². The van der Waals surface area contributed by atoms with E-state index in [0.29, 0.717) is 24.5 Å². The van der Waals surface area contributed by atoms with Crippen molar-refractivity contribution >= 4 is 15.1 Å². The third kappa shape index (κ3) is 3.26. The van der Waals surface area contributed by atoms with Crippen molar-refractivity contribution in [3.8, 4) is 11.5 Å². The molecule has 0 unspecified atom stereocenters. The molecule has 0 spiro atoms. The molecule has 7 heteroatoms. The van der Waals surface area contributed by atoms with Crippen molar-refractivity contribution in [1.82, 2.24) is 4.90 Å². The highest BCUT2D eigenvalue weighted by molar-refractivity contribution is 8.05. The summed E-state index contributed by atoms with van der Waals surface area (Å²) in [5, 5.41) is -0.869. The van der Waals surface area contributed by atoms with Gasteiger partial charge in [0.1, 0.15) is 0 Å². The average molecular weight is 375 g/mol. The summed E-state index contributed by atoms with van der Waals surface area (Å²) in [4.78, 5) is 14.0. The highest BCUT2D eigenvalue weighted by Crippen LogP contribution is 2.41. The standard InChI is InChI=1S/C19H21NO5S/c1-24-16-11-14-9-10-20(19(21)26(3,22)23)18(13-7-5-4-6-8-13)15(14)12-17(16)25-2/h4-8,11-12,18H,9-10H2,1-3H3/t18-/m1/s1. The molecule has 26 heavy (non-hydrogen) atoms. The Morgan fingerprint density at radius 2 is 1.69 bits per heavy atom. The SMILES string of the molecule is COc1cc2c(cc1OC)[C@@H](c1ccccc1)N(C(=O)S(C)(=O)=O)CC2. The van der Waals surface area contributed by atoms with E-state index in [9.17, 15) is 13.2 Å². The summed E-state index contributed by atoms with van der Waals surface area (Å²) in [7, 11) is -0.727. The van der Waals surface area contributed by atoms with Crippen molar-refractivity contribution in [2.45, 2.75) is 12.5 Å². The van der Waals surface area contributed by atoms with Gasteiger partial charge in [0.15, 0.2) is 11.5 Å². The molecule has 1 atom stereocenters. The first-order chi connectivity index (χ1) is 12.4. The predicted octanol–water partition coefficient (Wildman–Crippen LogP) is 2.82. The molecule has 0 saturated carbocycles. The van der Waals surface area contributed by atoms with Crippen LogP contribution in [0.1, 0.15) is 22.7 Å². The molecule has 2 aromatic carbocycles. The lowest BCUT2D eigenvalue weighted by Crippen LogP contribution is -2.42. The van der Waals surface area contributed by atoms with Crippen LogP contribution in [0.25, 0.3) is 0 Å². The average Bonchev–Trinajstić information content (AvgIpc) is 2.65. The molecule has 0 N–H and O–H groups in total. The fourth-order valence-electron chi connectivity index (χ4n) is 3.35. The lowest BCUT2D eigenvalue weighted by atomic mass is 9.88. The van der Waals surface area contributed by atoms with E-state index >= 15 is 0 Å². The van der Waals surface area contributed by atoms with E-state index in [2.05, 4.69) is 0 Å². The summed E-state index contributed by atoms with van der Waals surface area (Å²) in [5.41, 5.74) is 2.70. The largest absolute Gasteiger partial charge is 0.493 e. The fourth-order valence-corrected chi connectivity index (χ4v) is 3.97. The van der Waals surface area contributed by atoms with Crippen LogP contribution in [-0.2, 0) is 16.3 Å². The van der Waals surface area contributed by atoms with Gasteiger partial charge in [0.05, 0.1) is 20.3 Å². The molecule has 1 amide bonds. The van der Waals surface area contributed by atoms with Crippen LogP contribution >= 0.6 is 0 Å². The number of methoxy groups -OCH3 is 2. The van der Waals surface area contributed by atoms with E-state index in [4.69, 9.17) is 9.47 Å². The molecule has 1 aliphatic heterocycles. The van der Waals surface area contributed by atoms with Gasteiger partial charge in [0.2, 0.25) is 9.84 Å². The van der Waals surface area contributed by atoms with Gasteiger partial charge in [-0.3, -0.25) is 4.79 Å². The van der Waals surface area contributed by atoms with Crippen LogP contribution in [0.4, 0.5) is 4.79 Å². The predicted molar refractivity (Wildman–Crippen MR) is 98.5 cm³/mol. The zero-order chi connectivity index (χ0) is 18.9. The Kier molecular flexibility index (Phi) is 4.91. The Balaban J connectivity index is 2.20. The molecule has 0 aromatic heterocycles. The van der Waals surface area contributed by atoms with Crippen molar-refractivity contribution in [3.63, 3.8) is 0 Å². The van der Waals surface area contributed by atoms with E-state index < -0.39 is 21.1 Å². The number of rotatable bonds is 3. The van der Waals surface area contributed by atoms with E-state index in [1.807, 2.05) is 42.5 Å². The molecule has 138 valence electrons. The smallest absolute Gasteiger partial charge is 0.339 e. The van der Waals surface area contributed by atoms with Crippen molar-refractivity contribution < 1.29 is 22.7 Å². The van der Waals surface area contributed by atoms with Gasteiger partial charge in [-0.1, -0.05) is 30.3 Å². The van der Waals surface area contributed by atoms with Crippen LogP contribution < -0.4 is 9.47 Å². The van der Waals surface area contributed by atoms with E-state index in [0.717, 1.165) is 22.9 Å². The van der Waals surface area contributed by atoms with Gasteiger partial charge in [-0.25, -0.2) is 8.42 Å². The maximum Gasteiger partial charge on any atom is 0.339 e. The summed E-state index contributed by atoms with van der Waals surface area (Å²) in [5.74, 6) is 1.15. The van der Waals surface area contributed by atoms with E-state index in [1.54, 1.807) is 14.2 Å². The summed E-state index contributed by atoms with van der Waals surface area (Å²) in [6, 6.07) is 12.6. The van der Waals surface area contributed by atoms with Gasteiger partial charge in [-0.2, -0.15) is 0 Å². The van der Waals surface area contributed by atoms with Gasteiger partial charge in [0, 0.05) is 12.8 Å². The molecule has 0 fully saturated rings. The van der Waals surface area contributed by atoms with Crippen LogP contribution in [0.15, 0.2) is 42.5 Å². The van der Waals surface area contributed by atoms with E-state index in [-0.39, 0.29) is 0 Å². The zero-order valence-corrected chi connectivity index (χ0v) is 15.7. The molecule has 0 radical (unpaired) electrons. The molecule has 2 aromatic rings. The molecule has 0 bridgehead atoms. The van der Waals surface area contributed by atoms with Crippen molar-refractivity contribution in [2.24, 2.45) is 0 Å². The number of carbonyl (C=O) groups excluding carboxylic acids is 1. The summed E-state index contributed by atoms with van der Waals surface area (Å²) in [6.07, 6.45) is 1.49. The Bertz CT molecular complexity index is 924. The monoisotopic (exact) mass is 375 g/mol. The van der Waals surface area contributed by atoms with Crippen LogP contribution in [0.3, 0.4) is 0 Å². The Hall–Kier alpha value is -2.54. The van der Waals surface area contributed by atoms with Crippen molar-refractivity contribution in [3.05, 3.63) is 59.2 Å². The molecule has 6 nitrogen and oxygen atoms in total. The molecule has 0 saturated heterocycles. The van der Waals surface area contributed by atoms with E-state index in [1.165, 1.54) is 4.90 Å². The Labute approximate surface area is 153 Å². The van der Waals surface area contributed by atoms with Crippen LogP contribution in [0, 0.1) is 0 Å². The number of ether oxygens (including phenoxy) is 2. The minimum Gasteiger partial charge on any atom is -0.493 e. The van der Waals surface area contributed by atoms with Gasteiger partial charge in [0.25, 0.3) is 0 Å². The van der Waals surface area contributed by atoms with Crippen molar-refractivity contribution in [1.29, 1.82) is 0 Å². The van der Waals surface area contributed by atoms with Gasteiger partial charge < -0.3 is 14.4 Å².